The minimum atomic E-state index is 0. The molecule has 0 radical (unpaired) electrons. The Morgan fingerprint density at radius 3 is 1.89 bits per heavy atom. The predicted octanol–water partition coefficient (Wildman–Crippen LogP) is -2.81. The van der Waals surface area contributed by atoms with E-state index in [1.54, 1.807) is 0 Å². The fourth-order valence-corrected chi connectivity index (χ4v) is 0.545. The number of nitrogens with zero attached hydrogens (tertiary/aromatic N) is 1. The van der Waals surface area contributed by atoms with E-state index in [0.717, 1.165) is 17.4 Å². The summed E-state index contributed by atoms with van der Waals surface area (Å²) in [6, 6.07) is 0. The van der Waals surface area contributed by atoms with Crippen LogP contribution in [0.3, 0.4) is 0 Å². The second-order valence-electron chi connectivity index (χ2n) is 3.09. The standard InChI is InChI=1S/C6H16NO.K.H/c1-7(2,3)5-4-6-8;;/h8H,4-6H2,1-3H3;;/q2*+1;-1. The summed E-state index contributed by atoms with van der Waals surface area (Å²) in [5.74, 6) is 0. The van der Waals surface area contributed by atoms with E-state index in [4.69, 9.17) is 5.11 Å². The first-order valence-electron chi connectivity index (χ1n) is 2.97. The molecular weight excluding hydrogens is 141 g/mol. The quantitative estimate of drug-likeness (QED) is 0.347. The fraction of sp³-hybridized carbons (Fsp3) is 1.00. The minimum absolute atomic E-state index is 0. The smallest absolute Gasteiger partial charge is 1.00 e. The van der Waals surface area contributed by atoms with Gasteiger partial charge < -0.3 is 11.0 Å². The molecule has 9 heavy (non-hydrogen) atoms. The van der Waals surface area contributed by atoms with Crippen LogP contribution in [0.5, 0.6) is 0 Å². The van der Waals surface area contributed by atoms with Gasteiger partial charge in [0.25, 0.3) is 0 Å². The normalized spacial score (nSPS) is 10.7. The van der Waals surface area contributed by atoms with Crippen molar-refractivity contribution in [1.82, 2.24) is 0 Å². The van der Waals surface area contributed by atoms with Gasteiger partial charge in [-0.25, -0.2) is 0 Å². The van der Waals surface area contributed by atoms with Crippen molar-refractivity contribution < 1.29 is 62.4 Å². The van der Waals surface area contributed by atoms with Crippen molar-refractivity contribution in [1.29, 1.82) is 0 Å². The van der Waals surface area contributed by atoms with Crippen molar-refractivity contribution in [3.05, 3.63) is 0 Å². The zero-order valence-electron chi connectivity index (χ0n) is 8.02. The molecule has 0 heterocycles. The second kappa shape index (κ2) is 6.28. The number of hydrogen-bond donors (Lipinski definition) is 1. The van der Waals surface area contributed by atoms with Crippen LogP contribution >= 0.6 is 0 Å². The SMILES string of the molecule is C[N+](C)(C)CCCO.[H-].[K+]. The van der Waals surface area contributed by atoms with Gasteiger partial charge in [0.05, 0.1) is 27.7 Å². The van der Waals surface area contributed by atoms with Gasteiger partial charge in [-0.2, -0.15) is 0 Å². The third-order valence-electron chi connectivity index (χ3n) is 0.987. The van der Waals surface area contributed by atoms with Gasteiger partial charge in [0.15, 0.2) is 0 Å². The van der Waals surface area contributed by atoms with Crippen LogP contribution in [0.15, 0.2) is 0 Å². The van der Waals surface area contributed by atoms with Crippen molar-refractivity contribution in [2.45, 2.75) is 6.42 Å². The Labute approximate surface area is 102 Å². The van der Waals surface area contributed by atoms with Crippen LogP contribution in [0.1, 0.15) is 7.85 Å². The van der Waals surface area contributed by atoms with Crippen molar-refractivity contribution >= 4 is 0 Å². The van der Waals surface area contributed by atoms with Gasteiger partial charge in [0, 0.05) is 13.0 Å². The van der Waals surface area contributed by atoms with E-state index in [1.807, 2.05) is 0 Å². The molecule has 0 rings (SSSR count). The maximum atomic E-state index is 8.42. The van der Waals surface area contributed by atoms with Crippen molar-refractivity contribution in [2.24, 2.45) is 0 Å². The molecule has 1 N–H and O–H groups in total. The Morgan fingerprint density at radius 2 is 1.78 bits per heavy atom. The van der Waals surface area contributed by atoms with Crippen molar-refractivity contribution in [3.63, 3.8) is 0 Å². The van der Waals surface area contributed by atoms with Crippen molar-refractivity contribution in [3.8, 4) is 0 Å². The van der Waals surface area contributed by atoms with E-state index in [0.29, 0.717) is 6.61 Å². The molecule has 0 aliphatic heterocycles. The Bertz CT molecular complexity index is 65.3. The molecule has 3 heteroatoms. The van der Waals surface area contributed by atoms with Gasteiger partial charge in [0.2, 0.25) is 0 Å². The maximum Gasteiger partial charge on any atom is 1.00 e. The van der Waals surface area contributed by atoms with E-state index < -0.39 is 0 Å². The molecule has 0 aliphatic carbocycles. The van der Waals surface area contributed by atoms with Gasteiger partial charge >= 0.3 is 51.4 Å². The zero-order valence-corrected chi connectivity index (χ0v) is 10.1. The zero-order chi connectivity index (χ0) is 6.62. The first-order chi connectivity index (χ1) is 3.56. The number of quaternary nitrogens is 1. The molecule has 0 unspecified atom stereocenters. The van der Waals surface area contributed by atoms with E-state index in [1.165, 1.54) is 0 Å². The molecule has 0 bridgehead atoms. The van der Waals surface area contributed by atoms with Crippen LogP contribution in [-0.4, -0.2) is 43.9 Å². The molecule has 0 amide bonds. The first kappa shape index (κ1) is 13.2. The van der Waals surface area contributed by atoms with Gasteiger partial charge in [-0.1, -0.05) is 0 Å². The van der Waals surface area contributed by atoms with Gasteiger partial charge in [-0.05, 0) is 0 Å². The third kappa shape index (κ3) is 12.7. The number of rotatable bonds is 3. The average molecular weight is 158 g/mol. The summed E-state index contributed by atoms with van der Waals surface area (Å²) >= 11 is 0. The summed E-state index contributed by atoms with van der Waals surface area (Å²) in [6.07, 6.45) is 0.906. The topological polar surface area (TPSA) is 20.2 Å². The van der Waals surface area contributed by atoms with Crippen LogP contribution in [0.4, 0.5) is 0 Å². The molecule has 2 nitrogen and oxygen atoms in total. The van der Waals surface area contributed by atoms with E-state index in [2.05, 4.69) is 21.1 Å². The summed E-state index contributed by atoms with van der Waals surface area (Å²) in [7, 11) is 6.36. The summed E-state index contributed by atoms with van der Waals surface area (Å²) in [5.41, 5.74) is 0. The summed E-state index contributed by atoms with van der Waals surface area (Å²) in [6.45, 7) is 1.37. The largest absolute Gasteiger partial charge is 1.00 e. The Kier molecular flexibility index (Phi) is 9.19. The third-order valence-corrected chi connectivity index (χ3v) is 0.987. The molecule has 0 spiro atoms. The van der Waals surface area contributed by atoms with Crippen LogP contribution in [-0.2, 0) is 0 Å². The van der Waals surface area contributed by atoms with E-state index in [-0.39, 0.29) is 52.8 Å². The van der Waals surface area contributed by atoms with Crippen molar-refractivity contribution in [2.75, 3.05) is 34.3 Å². The average Bonchev–Trinajstić information content (AvgIpc) is 1.59. The van der Waals surface area contributed by atoms with Crippen LogP contribution < -0.4 is 51.4 Å². The minimum Gasteiger partial charge on any atom is -1.00 e. The Morgan fingerprint density at radius 1 is 1.33 bits per heavy atom. The molecule has 0 aromatic carbocycles. The Hall–Kier alpha value is 1.56. The van der Waals surface area contributed by atoms with Crippen LogP contribution in [0.2, 0.25) is 0 Å². The van der Waals surface area contributed by atoms with Crippen LogP contribution in [0.25, 0.3) is 0 Å². The number of aliphatic hydroxyl groups excluding tert-OH is 1. The molecular formula is C6H17KNO+. The molecule has 0 aromatic heterocycles. The molecule has 0 atom stereocenters. The Balaban J connectivity index is -0.000000245. The molecule has 0 aromatic rings. The first-order valence-corrected chi connectivity index (χ1v) is 2.97. The van der Waals surface area contributed by atoms with Gasteiger partial charge in [-0.15, -0.1) is 0 Å². The molecule has 0 saturated carbocycles. The number of hydrogen-bond acceptors (Lipinski definition) is 1. The summed E-state index contributed by atoms with van der Waals surface area (Å²) in [5, 5.41) is 8.42. The van der Waals surface area contributed by atoms with Gasteiger partial charge in [-0.3, -0.25) is 0 Å². The van der Waals surface area contributed by atoms with Crippen LogP contribution in [0, 0.1) is 0 Å². The summed E-state index contributed by atoms with van der Waals surface area (Å²) in [4.78, 5) is 0. The fourth-order valence-electron chi connectivity index (χ4n) is 0.545. The monoisotopic (exact) mass is 158 g/mol. The molecule has 0 saturated heterocycles. The van der Waals surface area contributed by atoms with E-state index >= 15 is 0 Å². The van der Waals surface area contributed by atoms with Gasteiger partial charge in [0.1, 0.15) is 0 Å². The molecule has 0 aliphatic rings. The van der Waals surface area contributed by atoms with E-state index in [9.17, 15) is 0 Å². The second-order valence-corrected chi connectivity index (χ2v) is 3.09. The maximum absolute atomic E-state index is 8.42. The molecule has 0 fully saturated rings. The molecule has 52 valence electrons. The predicted molar refractivity (Wildman–Crippen MR) is 35.7 cm³/mol. The number of aliphatic hydroxyl groups is 1. The summed E-state index contributed by atoms with van der Waals surface area (Å²) < 4.78 is 0.945.